The van der Waals surface area contributed by atoms with E-state index in [-0.39, 0.29) is 12.3 Å². The predicted molar refractivity (Wildman–Crippen MR) is 89.8 cm³/mol. The second-order valence-corrected chi connectivity index (χ2v) is 7.01. The number of rotatable bonds is 4. The molecule has 4 rings (SSSR count). The first-order valence-electron chi connectivity index (χ1n) is 8.08. The molecule has 1 saturated carbocycles. The summed E-state index contributed by atoms with van der Waals surface area (Å²) in [6, 6.07) is 0. The number of hydrazone groups is 1. The monoisotopic (exact) mass is 332 g/mol. The second kappa shape index (κ2) is 6.41. The van der Waals surface area contributed by atoms with Crippen molar-refractivity contribution in [1.29, 1.82) is 0 Å². The third-order valence-electron chi connectivity index (χ3n) is 4.65. The minimum absolute atomic E-state index is 0.0919. The molecule has 1 N–H and O–H groups in total. The number of thiazole rings is 1. The van der Waals surface area contributed by atoms with Crippen LogP contribution in [0.5, 0.6) is 0 Å². The molecule has 6 nitrogen and oxygen atoms in total. The van der Waals surface area contributed by atoms with Gasteiger partial charge in [0.2, 0.25) is 5.91 Å². The van der Waals surface area contributed by atoms with Gasteiger partial charge in [0, 0.05) is 30.1 Å². The first-order chi connectivity index (χ1) is 11.3. The fourth-order valence-electron chi connectivity index (χ4n) is 3.28. The van der Waals surface area contributed by atoms with E-state index in [0.29, 0.717) is 11.8 Å². The van der Waals surface area contributed by atoms with Gasteiger partial charge in [-0.05, 0) is 18.8 Å². The van der Waals surface area contributed by atoms with Gasteiger partial charge in [-0.15, -0.1) is 11.3 Å². The van der Waals surface area contributed by atoms with Crippen LogP contribution in [0.25, 0.3) is 0 Å². The SMILES string of the molecule is O=C(Cc1csc(N2CCOCC2)n1)N/N=C1/C[C@@H]2C=CC[C@H]12. The Morgan fingerprint density at radius 3 is 3.17 bits per heavy atom. The fraction of sp³-hybridized carbons (Fsp3) is 0.562. The van der Waals surface area contributed by atoms with Crippen LogP contribution in [0.15, 0.2) is 22.6 Å². The maximum absolute atomic E-state index is 12.0. The Balaban J connectivity index is 1.29. The van der Waals surface area contributed by atoms with E-state index in [1.807, 2.05) is 5.38 Å². The van der Waals surface area contributed by atoms with E-state index in [0.717, 1.165) is 55.7 Å². The molecule has 2 heterocycles. The van der Waals surface area contributed by atoms with Crippen LogP contribution < -0.4 is 10.3 Å². The molecule has 1 aliphatic heterocycles. The van der Waals surface area contributed by atoms with Gasteiger partial charge < -0.3 is 9.64 Å². The maximum atomic E-state index is 12.0. The summed E-state index contributed by atoms with van der Waals surface area (Å²) in [5.41, 5.74) is 4.62. The van der Waals surface area contributed by atoms with Gasteiger partial charge in [-0.1, -0.05) is 12.2 Å². The standard InChI is InChI=1S/C16H20N4O2S/c21-15(19-18-14-8-11-2-1-3-13(11)14)9-12-10-23-16(17-12)20-4-6-22-7-5-20/h1-2,10-11,13H,3-9H2,(H,19,21)/b18-14-/t11-,13-/m0/s1. The zero-order chi connectivity index (χ0) is 15.6. The fourth-order valence-corrected chi connectivity index (χ4v) is 4.16. The molecule has 122 valence electrons. The number of ether oxygens (including phenoxy) is 1. The van der Waals surface area contributed by atoms with Gasteiger partial charge >= 0.3 is 0 Å². The third-order valence-corrected chi connectivity index (χ3v) is 5.60. The molecule has 1 aromatic rings. The molecule has 1 amide bonds. The number of amides is 1. The number of carbonyl (C=O) groups excluding carboxylic acids is 1. The summed E-state index contributed by atoms with van der Waals surface area (Å²) < 4.78 is 5.34. The summed E-state index contributed by atoms with van der Waals surface area (Å²) in [6.45, 7) is 3.21. The topological polar surface area (TPSA) is 66.8 Å². The van der Waals surface area contributed by atoms with Crippen molar-refractivity contribution in [3.05, 3.63) is 23.2 Å². The van der Waals surface area contributed by atoms with Crippen LogP contribution in [0.4, 0.5) is 5.13 Å². The molecule has 0 aromatic carbocycles. The number of anilines is 1. The molecule has 0 unspecified atom stereocenters. The molecule has 0 spiro atoms. The number of carbonyl (C=O) groups is 1. The number of nitrogens with zero attached hydrogens (tertiary/aromatic N) is 3. The Morgan fingerprint density at radius 2 is 2.35 bits per heavy atom. The zero-order valence-electron chi connectivity index (χ0n) is 12.9. The van der Waals surface area contributed by atoms with Gasteiger partial charge in [0.25, 0.3) is 0 Å². The number of allylic oxidation sites excluding steroid dienone is 2. The third kappa shape index (κ3) is 3.16. The van der Waals surface area contributed by atoms with Gasteiger partial charge in [-0.3, -0.25) is 4.79 Å². The summed E-state index contributed by atoms with van der Waals surface area (Å²) >= 11 is 1.59. The summed E-state index contributed by atoms with van der Waals surface area (Å²) in [7, 11) is 0. The van der Waals surface area contributed by atoms with Gasteiger partial charge in [-0.25, -0.2) is 10.4 Å². The van der Waals surface area contributed by atoms with Crippen molar-refractivity contribution in [2.75, 3.05) is 31.2 Å². The van der Waals surface area contributed by atoms with E-state index >= 15 is 0 Å². The lowest BCUT2D eigenvalue weighted by molar-refractivity contribution is -0.120. The Labute approximate surface area is 139 Å². The van der Waals surface area contributed by atoms with E-state index < -0.39 is 0 Å². The molecule has 1 saturated heterocycles. The number of hydrogen-bond acceptors (Lipinski definition) is 6. The van der Waals surface area contributed by atoms with E-state index in [1.54, 1.807) is 11.3 Å². The highest BCUT2D eigenvalue weighted by Crippen LogP contribution is 2.40. The van der Waals surface area contributed by atoms with Crippen molar-refractivity contribution in [2.24, 2.45) is 16.9 Å². The van der Waals surface area contributed by atoms with Crippen LogP contribution in [0.2, 0.25) is 0 Å². The molecule has 0 bridgehead atoms. The molecule has 23 heavy (non-hydrogen) atoms. The van der Waals surface area contributed by atoms with Gasteiger partial charge in [0.15, 0.2) is 5.13 Å². The predicted octanol–water partition coefficient (Wildman–Crippen LogP) is 1.59. The van der Waals surface area contributed by atoms with Crippen molar-refractivity contribution in [3.63, 3.8) is 0 Å². The summed E-state index contributed by atoms with van der Waals surface area (Å²) in [6.07, 6.45) is 6.80. The van der Waals surface area contributed by atoms with Crippen LogP contribution in [0.1, 0.15) is 18.5 Å². The van der Waals surface area contributed by atoms with E-state index in [2.05, 4.69) is 32.6 Å². The van der Waals surface area contributed by atoms with Gasteiger partial charge in [0.05, 0.1) is 25.3 Å². The van der Waals surface area contributed by atoms with Crippen LogP contribution >= 0.6 is 11.3 Å². The average molecular weight is 332 g/mol. The number of nitrogens with one attached hydrogen (secondary N) is 1. The minimum Gasteiger partial charge on any atom is -0.378 e. The van der Waals surface area contributed by atoms with Crippen LogP contribution in [0.3, 0.4) is 0 Å². The molecule has 7 heteroatoms. The van der Waals surface area contributed by atoms with Crippen molar-refractivity contribution >= 4 is 28.1 Å². The smallest absolute Gasteiger partial charge is 0.246 e. The largest absolute Gasteiger partial charge is 0.378 e. The highest BCUT2D eigenvalue weighted by Gasteiger charge is 2.38. The van der Waals surface area contributed by atoms with Crippen LogP contribution in [-0.2, 0) is 16.0 Å². The Bertz CT molecular complexity index is 648. The Morgan fingerprint density at radius 1 is 1.48 bits per heavy atom. The lowest BCUT2D eigenvalue weighted by atomic mass is 9.74. The maximum Gasteiger partial charge on any atom is 0.246 e. The molecule has 1 aromatic heterocycles. The summed E-state index contributed by atoms with van der Waals surface area (Å²) in [5, 5.41) is 7.22. The normalized spacial score (nSPS) is 27.8. The molecule has 2 atom stereocenters. The number of morpholine rings is 1. The van der Waals surface area contributed by atoms with E-state index in [1.165, 1.54) is 0 Å². The van der Waals surface area contributed by atoms with Crippen molar-refractivity contribution in [2.45, 2.75) is 19.3 Å². The van der Waals surface area contributed by atoms with E-state index in [9.17, 15) is 4.79 Å². The van der Waals surface area contributed by atoms with Crippen LogP contribution in [-0.4, -0.2) is 42.9 Å². The lowest BCUT2D eigenvalue weighted by Crippen LogP contribution is -2.36. The highest BCUT2D eigenvalue weighted by molar-refractivity contribution is 7.13. The molecule has 3 aliphatic rings. The van der Waals surface area contributed by atoms with Gasteiger partial charge in [0.1, 0.15) is 0 Å². The quantitative estimate of drug-likeness (QED) is 0.672. The first kappa shape index (κ1) is 14.8. The minimum atomic E-state index is -0.0919. The number of aromatic nitrogens is 1. The van der Waals surface area contributed by atoms with E-state index in [4.69, 9.17) is 4.74 Å². The summed E-state index contributed by atoms with van der Waals surface area (Å²) in [4.78, 5) is 18.8. The van der Waals surface area contributed by atoms with Crippen LogP contribution in [0, 0.1) is 11.8 Å². The molecule has 2 fully saturated rings. The Kier molecular flexibility index (Phi) is 4.13. The van der Waals surface area contributed by atoms with Crippen molar-refractivity contribution in [3.8, 4) is 0 Å². The molecule has 2 aliphatic carbocycles. The number of hydrogen-bond donors (Lipinski definition) is 1. The number of fused-ring (bicyclic) bond motifs is 1. The second-order valence-electron chi connectivity index (χ2n) is 6.17. The lowest BCUT2D eigenvalue weighted by Gasteiger charge is -2.31. The van der Waals surface area contributed by atoms with Crippen molar-refractivity contribution < 1.29 is 9.53 Å². The average Bonchev–Trinajstić information content (AvgIpc) is 3.16. The van der Waals surface area contributed by atoms with Gasteiger partial charge in [-0.2, -0.15) is 5.10 Å². The molecule has 0 radical (unpaired) electrons. The van der Waals surface area contributed by atoms with Crippen molar-refractivity contribution in [1.82, 2.24) is 10.4 Å². The highest BCUT2D eigenvalue weighted by atomic mass is 32.1. The molecular formula is C16H20N4O2S. The summed E-state index contributed by atoms with van der Waals surface area (Å²) in [5.74, 6) is 1.09. The zero-order valence-corrected chi connectivity index (χ0v) is 13.7. The Hall–Kier alpha value is -1.73. The first-order valence-corrected chi connectivity index (χ1v) is 8.96. The molecular weight excluding hydrogens is 312 g/mol.